The topological polar surface area (TPSA) is 50.4 Å². The number of carbonyl (C=O) groups excluding carboxylic acids is 1. The summed E-state index contributed by atoms with van der Waals surface area (Å²) < 4.78 is 5.30. The quantitative estimate of drug-likeness (QED) is 0.794. The van der Waals surface area contributed by atoms with Crippen molar-refractivity contribution in [3.8, 4) is 5.75 Å². The molecule has 0 heterocycles. The van der Waals surface area contributed by atoms with Crippen LogP contribution in [0.3, 0.4) is 0 Å². The normalized spacial score (nSPS) is 13.7. The first-order valence-electron chi connectivity index (χ1n) is 6.74. The third-order valence-corrected chi connectivity index (χ3v) is 3.21. The van der Waals surface area contributed by atoms with Crippen LogP contribution in [0, 0.1) is 0 Å². The van der Waals surface area contributed by atoms with Gasteiger partial charge in [0, 0.05) is 11.6 Å². The Balaban J connectivity index is 2.54. The van der Waals surface area contributed by atoms with Crippen molar-refractivity contribution in [2.24, 2.45) is 0 Å². The van der Waals surface area contributed by atoms with Crippen LogP contribution >= 0.6 is 0 Å². The average Bonchev–Trinajstić information content (AvgIpc) is 2.44. The van der Waals surface area contributed by atoms with Crippen LogP contribution < -0.4 is 15.4 Å². The molecule has 2 N–H and O–H groups in total. The highest BCUT2D eigenvalue weighted by Gasteiger charge is 2.13. The van der Waals surface area contributed by atoms with E-state index in [-0.39, 0.29) is 11.9 Å². The molecule has 0 aliphatic carbocycles. The SMILES string of the molecule is CCC(C)NCC(=O)N[C@@H](C)c1ccccc1OC. The highest BCUT2D eigenvalue weighted by atomic mass is 16.5. The Morgan fingerprint density at radius 3 is 2.63 bits per heavy atom. The summed E-state index contributed by atoms with van der Waals surface area (Å²) in [5.41, 5.74) is 0.988. The Kier molecular flexibility index (Phi) is 6.36. The molecule has 1 aromatic rings. The van der Waals surface area contributed by atoms with Crippen LogP contribution in [0.1, 0.15) is 38.8 Å². The van der Waals surface area contributed by atoms with Crippen molar-refractivity contribution in [1.82, 2.24) is 10.6 Å². The second-order valence-electron chi connectivity index (χ2n) is 4.72. The van der Waals surface area contributed by atoms with Gasteiger partial charge < -0.3 is 15.4 Å². The molecule has 0 fully saturated rings. The van der Waals surface area contributed by atoms with Gasteiger partial charge in [0.1, 0.15) is 5.75 Å². The summed E-state index contributed by atoms with van der Waals surface area (Å²) in [7, 11) is 1.64. The van der Waals surface area contributed by atoms with Gasteiger partial charge in [0.05, 0.1) is 19.7 Å². The van der Waals surface area contributed by atoms with Crippen molar-refractivity contribution in [1.29, 1.82) is 0 Å². The first-order chi connectivity index (χ1) is 9.08. The van der Waals surface area contributed by atoms with Gasteiger partial charge >= 0.3 is 0 Å². The Morgan fingerprint density at radius 2 is 2.00 bits per heavy atom. The zero-order chi connectivity index (χ0) is 14.3. The smallest absolute Gasteiger partial charge is 0.234 e. The Bertz CT molecular complexity index is 407. The molecule has 0 bridgehead atoms. The largest absolute Gasteiger partial charge is 0.496 e. The van der Waals surface area contributed by atoms with Crippen LogP contribution in [0.25, 0.3) is 0 Å². The van der Waals surface area contributed by atoms with E-state index in [9.17, 15) is 4.79 Å². The van der Waals surface area contributed by atoms with Crippen LogP contribution in [0.2, 0.25) is 0 Å². The molecule has 0 aromatic heterocycles. The molecule has 0 saturated heterocycles. The number of methoxy groups -OCH3 is 1. The minimum absolute atomic E-state index is 0.00120. The summed E-state index contributed by atoms with van der Waals surface area (Å²) in [6.07, 6.45) is 1.01. The standard InChI is InChI=1S/C15H24N2O2/c1-5-11(2)16-10-15(18)17-12(3)13-8-6-7-9-14(13)19-4/h6-9,11-12,16H,5,10H2,1-4H3,(H,17,18)/t11?,12-/m0/s1. The molecule has 0 saturated carbocycles. The molecule has 4 nitrogen and oxygen atoms in total. The van der Waals surface area contributed by atoms with Gasteiger partial charge in [0.2, 0.25) is 5.91 Å². The maximum atomic E-state index is 11.8. The van der Waals surface area contributed by atoms with Gasteiger partial charge in [-0.15, -0.1) is 0 Å². The van der Waals surface area contributed by atoms with Crippen molar-refractivity contribution in [3.63, 3.8) is 0 Å². The van der Waals surface area contributed by atoms with Crippen LogP contribution in [-0.2, 0) is 4.79 Å². The Labute approximate surface area is 115 Å². The van der Waals surface area contributed by atoms with Crippen LogP contribution in [0.4, 0.5) is 0 Å². The Morgan fingerprint density at radius 1 is 1.32 bits per heavy atom. The second-order valence-corrected chi connectivity index (χ2v) is 4.72. The minimum atomic E-state index is -0.0672. The zero-order valence-corrected chi connectivity index (χ0v) is 12.2. The summed E-state index contributed by atoms with van der Waals surface area (Å²) >= 11 is 0. The predicted molar refractivity (Wildman–Crippen MR) is 77.3 cm³/mol. The van der Waals surface area contributed by atoms with E-state index in [0.29, 0.717) is 12.6 Å². The zero-order valence-electron chi connectivity index (χ0n) is 12.2. The van der Waals surface area contributed by atoms with E-state index in [1.54, 1.807) is 7.11 Å². The summed E-state index contributed by atoms with van der Waals surface area (Å²) in [5, 5.41) is 6.14. The number of hydrogen-bond donors (Lipinski definition) is 2. The van der Waals surface area contributed by atoms with E-state index in [1.807, 2.05) is 31.2 Å². The molecule has 1 amide bonds. The molecule has 1 rings (SSSR count). The molecule has 0 spiro atoms. The lowest BCUT2D eigenvalue weighted by atomic mass is 10.1. The van der Waals surface area contributed by atoms with Crippen LogP contribution in [-0.4, -0.2) is 25.6 Å². The van der Waals surface area contributed by atoms with Gasteiger partial charge in [0.15, 0.2) is 0 Å². The number of para-hydroxylation sites is 1. The van der Waals surface area contributed by atoms with Crippen molar-refractivity contribution < 1.29 is 9.53 Å². The van der Waals surface area contributed by atoms with Crippen molar-refractivity contribution >= 4 is 5.91 Å². The third kappa shape index (κ3) is 4.91. The Hall–Kier alpha value is -1.55. The number of benzene rings is 1. The lowest BCUT2D eigenvalue weighted by molar-refractivity contribution is -0.121. The molecular weight excluding hydrogens is 240 g/mol. The molecule has 0 aliphatic heterocycles. The van der Waals surface area contributed by atoms with Crippen LogP contribution in [0.15, 0.2) is 24.3 Å². The molecule has 0 radical (unpaired) electrons. The third-order valence-electron chi connectivity index (χ3n) is 3.21. The number of nitrogens with one attached hydrogen (secondary N) is 2. The lowest BCUT2D eigenvalue weighted by Gasteiger charge is -2.18. The number of carbonyl (C=O) groups is 1. The fraction of sp³-hybridized carbons (Fsp3) is 0.533. The van der Waals surface area contributed by atoms with Crippen molar-refractivity contribution in [3.05, 3.63) is 29.8 Å². The van der Waals surface area contributed by atoms with Gasteiger partial charge in [-0.25, -0.2) is 0 Å². The van der Waals surface area contributed by atoms with Gasteiger partial charge in [-0.3, -0.25) is 4.79 Å². The monoisotopic (exact) mass is 264 g/mol. The average molecular weight is 264 g/mol. The van der Waals surface area contributed by atoms with Gasteiger partial charge in [-0.1, -0.05) is 25.1 Å². The van der Waals surface area contributed by atoms with E-state index in [0.717, 1.165) is 17.7 Å². The van der Waals surface area contributed by atoms with E-state index >= 15 is 0 Å². The van der Waals surface area contributed by atoms with Gasteiger partial charge in [-0.2, -0.15) is 0 Å². The summed E-state index contributed by atoms with van der Waals surface area (Å²) in [4.78, 5) is 11.8. The minimum Gasteiger partial charge on any atom is -0.496 e. The van der Waals surface area contributed by atoms with Gasteiger partial charge in [-0.05, 0) is 26.3 Å². The number of rotatable bonds is 7. The summed E-state index contributed by atoms with van der Waals surface area (Å²) in [6, 6.07) is 8.01. The second kappa shape index (κ2) is 7.79. The van der Waals surface area contributed by atoms with E-state index < -0.39 is 0 Å². The highest BCUT2D eigenvalue weighted by molar-refractivity contribution is 5.78. The van der Waals surface area contributed by atoms with Crippen molar-refractivity contribution in [2.45, 2.75) is 39.3 Å². The molecular formula is C15H24N2O2. The van der Waals surface area contributed by atoms with E-state index in [4.69, 9.17) is 4.74 Å². The molecule has 4 heteroatoms. The molecule has 2 atom stereocenters. The molecule has 19 heavy (non-hydrogen) atoms. The summed E-state index contributed by atoms with van der Waals surface area (Å²) in [6.45, 7) is 6.46. The maximum Gasteiger partial charge on any atom is 0.234 e. The first kappa shape index (κ1) is 15.5. The van der Waals surface area contributed by atoms with E-state index in [2.05, 4.69) is 24.5 Å². The molecule has 106 valence electrons. The predicted octanol–water partition coefficient (Wildman–Crippen LogP) is 2.26. The first-order valence-corrected chi connectivity index (χ1v) is 6.74. The number of amides is 1. The highest BCUT2D eigenvalue weighted by Crippen LogP contribution is 2.23. The van der Waals surface area contributed by atoms with E-state index in [1.165, 1.54) is 0 Å². The molecule has 0 aliphatic rings. The lowest BCUT2D eigenvalue weighted by Crippen LogP contribution is -2.38. The summed E-state index contributed by atoms with van der Waals surface area (Å²) in [5.74, 6) is 0.795. The van der Waals surface area contributed by atoms with Crippen LogP contribution in [0.5, 0.6) is 5.75 Å². The number of hydrogen-bond acceptors (Lipinski definition) is 3. The van der Waals surface area contributed by atoms with Crippen molar-refractivity contribution in [2.75, 3.05) is 13.7 Å². The maximum absolute atomic E-state index is 11.8. The molecule has 1 unspecified atom stereocenters. The van der Waals surface area contributed by atoms with Gasteiger partial charge in [0.25, 0.3) is 0 Å². The fourth-order valence-corrected chi connectivity index (χ4v) is 1.81. The fourth-order valence-electron chi connectivity index (χ4n) is 1.81. The molecule has 1 aromatic carbocycles. The number of ether oxygens (including phenoxy) is 1.